The quantitative estimate of drug-likeness (QED) is 0.304. The van der Waals surface area contributed by atoms with Gasteiger partial charge in [0.2, 0.25) is 0 Å². The highest BCUT2D eigenvalue weighted by molar-refractivity contribution is 7.90. The van der Waals surface area contributed by atoms with Gasteiger partial charge < -0.3 is 10.1 Å². The second-order valence-corrected chi connectivity index (χ2v) is 8.80. The lowest BCUT2D eigenvalue weighted by atomic mass is 10.0. The minimum atomic E-state index is -5.33. The van der Waals surface area contributed by atoms with Crippen molar-refractivity contribution < 1.29 is 35.5 Å². The van der Waals surface area contributed by atoms with Crippen LogP contribution in [0.2, 0.25) is 0 Å². The molecule has 3 aromatic rings. The maximum atomic E-state index is 14.4. The first-order valence-electron chi connectivity index (χ1n) is 9.44. The van der Waals surface area contributed by atoms with Crippen LogP contribution in [-0.2, 0) is 21.2 Å². The Balaban J connectivity index is 2.29. The van der Waals surface area contributed by atoms with Crippen LogP contribution in [-0.4, -0.2) is 30.2 Å². The first-order chi connectivity index (χ1) is 14.9. The third-order valence-electron chi connectivity index (χ3n) is 4.57. The molecule has 0 spiro atoms. The van der Waals surface area contributed by atoms with E-state index >= 15 is 0 Å². The molecule has 2 aromatic carbocycles. The molecule has 0 aliphatic carbocycles. The Labute approximate surface area is 181 Å². The molecule has 0 saturated heterocycles. The zero-order chi connectivity index (χ0) is 23.7. The average Bonchev–Trinajstić information content (AvgIpc) is 3.07. The number of nitrogens with zero attached hydrogens (tertiary/aromatic N) is 1. The number of carbonyl (C=O) groups excluding carboxylic acids is 1. The molecule has 0 saturated carbocycles. The summed E-state index contributed by atoms with van der Waals surface area (Å²) < 4.78 is 84.2. The largest absolute Gasteiger partial charge is 0.491 e. The number of esters is 1. The van der Waals surface area contributed by atoms with E-state index in [0.29, 0.717) is 23.0 Å². The molecule has 6 nitrogen and oxygen atoms in total. The normalized spacial score (nSPS) is 12.2. The van der Waals surface area contributed by atoms with Gasteiger partial charge in [0.1, 0.15) is 5.82 Å². The van der Waals surface area contributed by atoms with E-state index in [9.17, 15) is 30.8 Å². The summed E-state index contributed by atoms with van der Waals surface area (Å²) in [5.74, 6) is -4.10. The number of nitrogens with one attached hydrogen (secondary N) is 1. The Kier molecular flexibility index (Phi) is 6.40. The molecule has 0 bridgehead atoms. The van der Waals surface area contributed by atoms with E-state index in [-0.39, 0.29) is 33.5 Å². The van der Waals surface area contributed by atoms with Gasteiger partial charge in [-0.25, -0.2) is 21.6 Å². The van der Waals surface area contributed by atoms with Gasteiger partial charge in [-0.1, -0.05) is 31.5 Å². The lowest BCUT2D eigenvalue weighted by Crippen LogP contribution is -2.28. The number of carbonyl (C=O) groups is 1. The van der Waals surface area contributed by atoms with Gasteiger partial charge >= 0.3 is 12.1 Å². The molecule has 0 atom stereocenters. The van der Waals surface area contributed by atoms with Crippen LogP contribution in [0.3, 0.4) is 0 Å². The van der Waals surface area contributed by atoms with Crippen molar-refractivity contribution in [1.82, 2.24) is 3.97 Å². The number of alkyl halides is 3. The topological polar surface area (TPSA) is 89.2 Å². The Morgan fingerprint density at radius 2 is 1.81 bits per heavy atom. The van der Waals surface area contributed by atoms with E-state index in [4.69, 9.17) is 5.41 Å². The molecule has 0 amide bonds. The smallest absolute Gasteiger partial charge is 0.418 e. The zero-order valence-corrected chi connectivity index (χ0v) is 17.6. The maximum Gasteiger partial charge on any atom is 0.491 e. The fourth-order valence-corrected chi connectivity index (χ4v) is 4.61. The number of aromatic nitrogens is 1. The van der Waals surface area contributed by atoms with Crippen LogP contribution in [0.1, 0.15) is 25.3 Å². The molecule has 0 aliphatic rings. The van der Waals surface area contributed by atoms with Crippen molar-refractivity contribution >= 4 is 32.6 Å². The Hall–Kier alpha value is -3.21. The van der Waals surface area contributed by atoms with Crippen molar-refractivity contribution in [2.24, 2.45) is 0 Å². The Morgan fingerprint density at radius 1 is 1.16 bits per heavy atom. The molecule has 0 unspecified atom stereocenters. The molecule has 0 fully saturated rings. The van der Waals surface area contributed by atoms with Gasteiger partial charge in [-0.05, 0) is 36.2 Å². The fraction of sp³-hybridized carbons (Fsp3) is 0.238. The molecule has 11 heteroatoms. The summed E-state index contributed by atoms with van der Waals surface area (Å²) in [5.41, 5.74) is -0.116. The van der Waals surface area contributed by atoms with Gasteiger partial charge in [0, 0.05) is 17.5 Å². The van der Waals surface area contributed by atoms with Crippen LogP contribution >= 0.6 is 0 Å². The monoisotopic (exact) mass is 470 g/mol. The molecule has 170 valence electrons. The van der Waals surface area contributed by atoms with Crippen molar-refractivity contribution in [3.63, 3.8) is 0 Å². The van der Waals surface area contributed by atoms with E-state index < -0.39 is 33.7 Å². The lowest BCUT2D eigenvalue weighted by molar-refractivity contribution is -0.189. The van der Waals surface area contributed by atoms with Crippen molar-refractivity contribution in [1.29, 1.82) is 5.41 Å². The first-order valence-corrected chi connectivity index (χ1v) is 10.9. The molecule has 0 radical (unpaired) electrons. The number of halogens is 4. The van der Waals surface area contributed by atoms with E-state index in [1.165, 1.54) is 24.3 Å². The number of fused-ring (bicyclic) bond motifs is 1. The van der Waals surface area contributed by atoms with Gasteiger partial charge in [-0.3, -0.25) is 0 Å². The minimum absolute atomic E-state index is 0.0328. The second kappa shape index (κ2) is 8.73. The van der Waals surface area contributed by atoms with Gasteiger partial charge in [0.05, 0.1) is 16.6 Å². The highest BCUT2D eigenvalue weighted by Gasteiger charge is 2.42. The van der Waals surface area contributed by atoms with E-state index in [2.05, 4.69) is 4.74 Å². The third-order valence-corrected chi connectivity index (χ3v) is 6.26. The average molecular weight is 470 g/mol. The standard InChI is InChI=1S/C21H18F4N2O4S/c1-2-6-15(26)10-13-9-14(22)11-17-19(13)18(31-20(28)21(23,24)25)12-27(17)32(29,30)16-7-4-3-5-8-16/h3-5,7-9,11-12,26H,2,6,10H2,1H3. The van der Waals surface area contributed by atoms with Crippen LogP contribution in [0, 0.1) is 11.2 Å². The number of ether oxygens (including phenoxy) is 1. The van der Waals surface area contributed by atoms with Crippen LogP contribution in [0.15, 0.2) is 53.6 Å². The third kappa shape index (κ3) is 4.67. The van der Waals surface area contributed by atoms with Crippen molar-refractivity contribution in [3.05, 3.63) is 60.0 Å². The number of hydrogen-bond acceptors (Lipinski definition) is 5. The van der Waals surface area contributed by atoms with Crippen LogP contribution in [0.4, 0.5) is 17.6 Å². The molecule has 0 aliphatic heterocycles. The van der Waals surface area contributed by atoms with Crippen molar-refractivity contribution in [3.8, 4) is 5.75 Å². The summed E-state index contributed by atoms with van der Waals surface area (Å²) in [6, 6.07) is 8.80. The molecule has 32 heavy (non-hydrogen) atoms. The van der Waals surface area contributed by atoms with Crippen molar-refractivity contribution in [2.45, 2.75) is 37.3 Å². The van der Waals surface area contributed by atoms with Crippen LogP contribution < -0.4 is 4.74 Å². The summed E-state index contributed by atoms with van der Waals surface area (Å²) in [4.78, 5) is 11.3. The SMILES string of the molecule is CCCC(=N)Cc1cc(F)cc2c1c(OC(=O)C(F)(F)F)cn2S(=O)(=O)c1ccccc1. The van der Waals surface area contributed by atoms with E-state index in [0.717, 1.165) is 12.1 Å². The van der Waals surface area contributed by atoms with Gasteiger partial charge in [-0.15, -0.1) is 0 Å². The second-order valence-electron chi connectivity index (χ2n) is 6.98. The van der Waals surface area contributed by atoms with E-state index in [1.807, 2.05) is 6.92 Å². The van der Waals surface area contributed by atoms with Gasteiger partial charge in [-0.2, -0.15) is 13.2 Å². The maximum absolute atomic E-state index is 14.4. The highest BCUT2D eigenvalue weighted by Crippen LogP contribution is 2.36. The molecule has 3 rings (SSSR count). The van der Waals surface area contributed by atoms with Crippen molar-refractivity contribution in [2.75, 3.05) is 0 Å². The number of benzene rings is 2. The molecule has 1 N–H and O–H groups in total. The van der Waals surface area contributed by atoms with E-state index in [1.54, 1.807) is 6.07 Å². The Morgan fingerprint density at radius 3 is 2.41 bits per heavy atom. The summed E-state index contributed by atoms with van der Waals surface area (Å²) in [7, 11) is -4.36. The zero-order valence-electron chi connectivity index (χ0n) is 16.7. The molecule has 1 heterocycles. The predicted molar refractivity (Wildman–Crippen MR) is 109 cm³/mol. The lowest BCUT2D eigenvalue weighted by Gasteiger charge is -2.10. The first kappa shape index (κ1) is 23.5. The summed E-state index contributed by atoms with van der Waals surface area (Å²) in [6.45, 7) is 1.81. The Bertz CT molecular complexity index is 1280. The predicted octanol–water partition coefficient (Wildman–Crippen LogP) is 4.85. The van der Waals surface area contributed by atoms with Gasteiger partial charge in [0.25, 0.3) is 10.0 Å². The molecular formula is C21H18F4N2O4S. The molecular weight excluding hydrogens is 452 g/mol. The van der Waals surface area contributed by atoms with Gasteiger partial charge in [0.15, 0.2) is 5.75 Å². The highest BCUT2D eigenvalue weighted by atomic mass is 32.2. The minimum Gasteiger partial charge on any atom is -0.418 e. The number of hydrogen-bond donors (Lipinski definition) is 1. The number of rotatable bonds is 7. The summed E-state index contributed by atoms with van der Waals surface area (Å²) in [5, 5.41) is 7.82. The molecule has 1 aromatic heterocycles. The fourth-order valence-electron chi connectivity index (χ4n) is 3.25. The van der Waals surface area contributed by atoms with Crippen LogP contribution in [0.25, 0.3) is 10.9 Å². The summed E-state index contributed by atoms with van der Waals surface area (Å²) >= 11 is 0. The van der Waals surface area contributed by atoms with Crippen LogP contribution in [0.5, 0.6) is 5.75 Å². The summed E-state index contributed by atoms with van der Waals surface area (Å²) in [6.07, 6.45) is -3.83.